The van der Waals surface area contributed by atoms with Crippen LogP contribution in [0.4, 0.5) is 0 Å². The molecule has 0 saturated heterocycles. The Hall–Kier alpha value is -0.800. The third-order valence-corrected chi connectivity index (χ3v) is 2.48. The van der Waals surface area contributed by atoms with E-state index in [-0.39, 0.29) is 6.61 Å². The molecule has 0 atom stereocenters. The minimum Gasteiger partial charge on any atom is -0.396 e. The second-order valence-corrected chi connectivity index (χ2v) is 3.74. The summed E-state index contributed by atoms with van der Waals surface area (Å²) in [5, 5.41) is 9.91. The van der Waals surface area contributed by atoms with E-state index in [1.54, 1.807) is 6.42 Å². The summed E-state index contributed by atoms with van der Waals surface area (Å²) in [5.41, 5.74) is 2.13. The van der Waals surface area contributed by atoms with Crippen LogP contribution < -0.4 is 0 Å². The number of halogens is 1. The molecule has 0 aliphatic carbocycles. The number of nitrogens with one attached hydrogen (secondary N) is 1. The number of hydrogen-bond acceptors (Lipinski definition) is 1. The van der Waals surface area contributed by atoms with Gasteiger partial charge in [-0.25, -0.2) is 0 Å². The predicted octanol–water partition coefficient (Wildman–Crippen LogP) is 2.48. The second kappa shape index (κ2) is 3.52. The topological polar surface area (TPSA) is 36.0 Å². The van der Waals surface area contributed by atoms with E-state index in [9.17, 15) is 0 Å². The van der Waals surface area contributed by atoms with Gasteiger partial charge in [-0.1, -0.05) is 15.9 Å². The fourth-order valence-corrected chi connectivity index (χ4v) is 1.74. The summed E-state index contributed by atoms with van der Waals surface area (Å²) in [5.74, 6) is 0. The first-order valence-electron chi connectivity index (χ1n) is 4.02. The molecule has 1 aromatic heterocycles. The molecule has 1 aromatic carbocycles. The largest absolute Gasteiger partial charge is 0.396 e. The monoisotopic (exact) mass is 238 g/mol. The van der Waals surface area contributed by atoms with Gasteiger partial charge < -0.3 is 10.1 Å². The lowest BCUT2D eigenvalue weighted by molar-refractivity contribution is 0.331. The standard InChI is InChI=1S/C10H9BrNO/c11-8-1-2-10-9(5-8)7(3-4-13)6-12-10/h1-3,5-6,12-13H,4H2. The molecule has 1 heterocycles. The molecule has 0 saturated carbocycles. The molecule has 2 aromatic rings. The molecule has 3 heteroatoms. The van der Waals surface area contributed by atoms with E-state index in [0.717, 1.165) is 20.9 Å². The third kappa shape index (κ3) is 1.62. The number of rotatable bonds is 2. The molecule has 0 fully saturated rings. The Bertz CT molecular complexity index is 422. The van der Waals surface area contributed by atoms with Crippen molar-refractivity contribution >= 4 is 26.8 Å². The van der Waals surface area contributed by atoms with Crippen molar-refractivity contribution in [3.05, 3.63) is 40.9 Å². The fourth-order valence-electron chi connectivity index (χ4n) is 1.38. The third-order valence-electron chi connectivity index (χ3n) is 1.99. The van der Waals surface area contributed by atoms with Crippen molar-refractivity contribution in [1.82, 2.24) is 4.98 Å². The first-order chi connectivity index (χ1) is 6.31. The summed E-state index contributed by atoms with van der Waals surface area (Å²) in [6, 6.07) is 6.03. The number of aromatic nitrogens is 1. The van der Waals surface area contributed by atoms with Gasteiger partial charge in [-0.15, -0.1) is 0 Å². The van der Waals surface area contributed by atoms with Crippen LogP contribution in [-0.2, 0) is 0 Å². The fraction of sp³-hybridized carbons (Fsp3) is 0.100. The lowest BCUT2D eigenvalue weighted by Crippen LogP contribution is -1.84. The zero-order valence-corrected chi connectivity index (χ0v) is 8.51. The molecule has 2 N–H and O–H groups in total. The molecule has 67 valence electrons. The zero-order valence-electron chi connectivity index (χ0n) is 6.92. The van der Waals surface area contributed by atoms with Gasteiger partial charge in [-0.05, 0) is 23.8 Å². The highest BCUT2D eigenvalue weighted by Gasteiger charge is 2.02. The highest BCUT2D eigenvalue weighted by atomic mass is 79.9. The number of aromatic amines is 1. The van der Waals surface area contributed by atoms with Crippen molar-refractivity contribution in [3.63, 3.8) is 0 Å². The van der Waals surface area contributed by atoms with Crippen LogP contribution in [-0.4, -0.2) is 16.7 Å². The molecule has 0 bridgehead atoms. The lowest BCUT2D eigenvalue weighted by atomic mass is 10.1. The van der Waals surface area contributed by atoms with Crippen molar-refractivity contribution in [2.75, 3.05) is 6.61 Å². The Morgan fingerprint density at radius 2 is 2.31 bits per heavy atom. The molecule has 2 nitrogen and oxygen atoms in total. The van der Waals surface area contributed by atoms with Crippen LogP contribution in [0.2, 0.25) is 0 Å². The van der Waals surface area contributed by atoms with Crippen molar-refractivity contribution < 1.29 is 5.11 Å². The van der Waals surface area contributed by atoms with Crippen LogP contribution in [0.15, 0.2) is 28.9 Å². The van der Waals surface area contributed by atoms with Gasteiger partial charge in [-0.2, -0.15) is 0 Å². The van der Waals surface area contributed by atoms with Crippen LogP contribution in [0, 0.1) is 6.42 Å². The van der Waals surface area contributed by atoms with Crippen LogP contribution >= 0.6 is 15.9 Å². The maximum Gasteiger partial charge on any atom is 0.0507 e. The first-order valence-corrected chi connectivity index (χ1v) is 4.81. The molecule has 1 radical (unpaired) electrons. The van der Waals surface area contributed by atoms with Gasteiger partial charge in [0.05, 0.1) is 6.61 Å². The van der Waals surface area contributed by atoms with Gasteiger partial charge in [0.25, 0.3) is 0 Å². The average molecular weight is 239 g/mol. The summed E-state index contributed by atoms with van der Waals surface area (Å²) < 4.78 is 1.05. The Morgan fingerprint density at radius 3 is 3.08 bits per heavy atom. The van der Waals surface area contributed by atoms with E-state index in [0.29, 0.717) is 0 Å². The summed E-state index contributed by atoms with van der Waals surface area (Å²) in [4.78, 5) is 3.14. The van der Waals surface area contributed by atoms with Gasteiger partial charge in [0.2, 0.25) is 0 Å². The van der Waals surface area contributed by atoms with E-state index in [2.05, 4.69) is 20.9 Å². The smallest absolute Gasteiger partial charge is 0.0507 e. The normalized spacial score (nSPS) is 10.9. The maximum absolute atomic E-state index is 8.79. The Labute approximate surface area is 84.7 Å². The van der Waals surface area contributed by atoms with Gasteiger partial charge in [0.15, 0.2) is 0 Å². The molecule has 2 rings (SSSR count). The quantitative estimate of drug-likeness (QED) is 0.829. The average Bonchev–Trinajstić information content (AvgIpc) is 2.49. The van der Waals surface area contributed by atoms with E-state index in [1.807, 2.05) is 24.4 Å². The van der Waals surface area contributed by atoms with E-state index >= 15 is 0 Å². The minimum atomic E-state index is 0.0689. The Morgan fingerprint density at radius 1 is 1.46 bits per heavy atom. The van der Waals surface area contributed by atoms with Gasteiger partial charge >= 0.3 is 0 Å². The Balaban J connectivity index is 2.58. The van der Waals surface area contributed by atoms with Crippen molar-refractivity contribution in [1.29, 1.82) is 0 Å². The highest BCUT2D eigenvalue weighted by Crippen LogP contribution is 2.23. The first kappa shape index (κ1) is 8.78. The van der Waals surface area contributed by atoms with Gasteiger partial charge in [0, 0.05) is 28.0 Å². The molecule has 0 amide bonds. The van der Waals surface area contributed by atoms with Gasteiger partial charge in [0.1, 0.15) is 0 Å². The minimum absolute atomic E-state index is 0.0689. The highest BCUT2D eigenvalue weighted by molar-refractivity contribution is 9.10. The number of benzene rings is 1. The van der Waals surface area contributed by atoms with Crippen molar-refractivity contribution in [2.24, 2.45) is 0 Å². The summed E-state index contributed by atoms with van der Waals surface area (Å²) in [6.45, 7) is 0.0689. The molecule has 0 aliphatic rings. The maximum atomic E-state index is 8.79. The second-order valence-electron chi connectivity index (χ2n) is 2.82. The Kier molecular flexibility index (Phi) is 2.38. The number of hydrogen-bond donors (Lipinski definition) is 2. The molecular formula is C10H9BrNO. The zero-order chi connectivity index (χ0) is 9.26. The molecule has 13 heavy (non-hydrogen) atoms. The van der Waals surface area contributed by atoms with E-state index in [1.165, 1.54) is 0 Å². The summed E-state index contributed by atoms with van der Waals surface area (Å²) >= 11 is 3.41. The number of aliphatic hydroxyl groups excluding tert-OH is 1. The van der Waals surface area contributed by atoms with Crippen molar-refractivity contribution in [2.45, 2.75) is 0 Å². The van der Waals surface area contributed by atoms with Crippen LogP contribution in [0.3, 0.4) is 0 Å². The summed E-state index contributed by atoms with van der Waals surface area (Å²) in [6.07, 6.45) is 3.68. The van der Waals surface area contributed by atoms with Gasteiger partial charge in [-0.3, -0.25) is 0 Å². The number of fused-ring (bicyclic) bond motifs is 1. The lowest BCUT2D eigenvalue weighted by Gasteiger charge is -1.95. The number of H-pyrrole nitrogens is 1. The molecule has 0 spiro atoms. The summed E-state index contributed by atoms with van der Waals surface area (Å²) in [7, 11) is 0. The predicted molar refractivity (Wildman–Crippen MR) is 56.5 cm³/mol. The van der Waals surface area contributed by atoms with Crippen molar-refractivity contribution in [3.8, 4) is 0 Å². The van der Waals surface area contributed by atoms with E-state index in [4.69, 9.17) is 5.11 Å². The van der Waals surface area contributed by atoms with Crippen LogP contribution in [0.1, 0.15) is 5.56 Å². The number of aliphatic hydroxyl groups is 1. The van der Waals surface area contributed by atoms with E-state index < -0.39 is 0 Å². The van der Waals surface area contributed by atoms with Crippen LogP contribution in [0.5, 0.6) is 0 Å². The molecule has 0 aliphatic heterocycles. The molecule has 0 unspecified atom stereocenters. The SMILES string of the molecule is OC[CH]c1c[nH]c2ccc(Br)cc12. The molecular weight excluding hydrogens is 230 g/mol. The van der Waals surface area contributed by atoms with Crippen LogP contribution in [0.25, 0.3) is 10.9 Å².